The highest BCUT2D eigenvalue weighted by atomic mass is 28.4. The molecule has 3 N–H and O–H groups in total. The first-order valence-electron chi connectivity index (χ1n) is 7.44. The predicted octanol–water partition coefficient (Wildman–Crippen LogP) is 3.03. The lowest BCUT2D eigenvalue weighted by Crippen LogP contribution is -2.42. The van der Waals surface area contributed by atoms with Gasteiger partial charge in [-0.2, -0.15) is 0 Å². The van der Waals surface area contributed by atoms with Gasteiger partial charge in [-0.25, -0.2) is 0 Å². The minimum Gasteiger partial charge on any atom is -0.495 e. The SMILES string of the molecule is COc1cc(C(=O)NCCO[Si](C)(C)C(C)(C)C)ccc1N. The molecule has 0 unspecified atom stereocenters. The summed E-state index contributed by atoms with van der Waals surface area (Å²) in [5.74, 6) is 0.349. The van der Waals surface area contributed by atoms with E-state index < -0.39 is 8.32 Å². The van der Waals surface area contributed by atoms with Gasteiger partial charge in [0.15, 0.2) is 8.32 Å². The van der Waals surface area contributed by atoms with Crippen molar-refractivity contribution in [2.24, 2.45) is 0 Å². The minimum atomic E-state index is -1.77. The Kier molecular flexibility index (Phi) is 6.02. The van der Waals surface area contributed by atoms with Crippen molar-refractivity contribution >= 4 is 19.9 Å². The van der Waals surface area contributed by atoms with Gasteiger partial charge in [0.05, 0.1) is 19.4 Å². The Morgan fingerprint density at radius 1 is 1.32 bits per heavy atom. The summed E-state index contributed by atoms with van der Waals surface area (Å²) < 4.78 is 11.1. The maximum Gasteiger partial charge on any atom is 0.251 e. The second-order valence-electron chi connectivity index (χ2n) is 6.82. The first-order valence-corrected chi connectivity index (χ1v) is 10.3. The highest BCUT2D eigenvalue weighted by Gasteiger charge is 2.36. The molecule has 0 aliphatic heterocycles. The van der Waals surface area contributed by atoms with Gasteiger partial charge < -0.3 is 20.2 Å². The molecule has 0 spiro atoms. The molecular formula is C16H28N2O3Si. The number of carbonyl (C=O) groups excluding carboxylic acids is 1. The van der Waals surface area contributed by atoms with E-state index in [1.165, 1.54) is 7.11 Å². The molecule has 1 rings (SSSR count). The van der Waals surface area contributed by atoms with Crippen molar-refractivity contribution in [3.63, 3.8) is 0 Å². The number of hydrogen-bond donors (Lipinski definition) is 2. The summed E-state index contributed by atoms with van der Waals surface area (Å²) in [5, 5.41) is 3.02. The number of nitrogens with one attached hydrogen (secondary N) is 1. The van der Waals surface area contributed by atoms with E-state index in [1.54, 1.807) is 18.2 Å². The van der Waals surface area contributed by atoms with Gasteiger partial charge in [-0.3, -0.25) is 4.79 Å². The van der Waals surface area contributed by atoms with E-state index in [-0.39, 0.29) is 10.9 Å². The Bertz CT molecular complexity index is 525. The first kappa shape index (κ1) is 18.5. The monoisotopic (exact) mass is 324 g/mol. The van der Waals surface area contributed by atoms with E-state index in [4.69, 9.17) is 14.9 Å². The fourth-order valence-electron chi connectivity index (χ4n) is 1.64. The van der Waals surface area contributed by atoms with Crippen molar-refractivity contribution in [2.45, 2.75) is 38.9 Å². The molecule has 0 saturated carbocycles. The number of methoxy groups -OCH3 is 1. The van der Waals surface area contributed by atoms with Crippen molar-refractivity contribution < 1.29 is 14.0 Å². The zero-order valence-corrected chi connectivity index (χ0v) is 15.4. The Morgan fingerprint density at radius 2 is 1.95 bits per heavy atom. The van der Waals surface area contributed by atoms with Gasteiger partial charge >= 0.3 is 0 Å². The number of benzene rings is 1. The Hall–Kier alpha value is -1.53. The Balaban J connectivity index is 2.51. The van der Waals surface area contributed by atoms with Crippen molar-refractivity contribution in [1.82, 2.24) is 5.32 Å². The third-order valence-corrected chi connectivity index (χ3v) is 8.69. The van der Waals surface area contributed by atoms with E-state index in [0.29, 0.717) is 30.2 Å². The van der Waals surface area contributed by atoms with Crippen LogP contribution < -0.4 is 15.8 Å². The molecule has 0 aromatic heterocycles. The molecule has 0 aliphatic rings. The van der Waals surface area contributed by atoms with Crippen molar-refractivity contribution in [3.05, 3.63) is 23.8 Å². The highest BCUT2D eigenvalue weighted by molar-refractivity contribution is 6.74. The van der Waals surface area contributed by atoms with Crippen LogP contribution >= 0.6 is 0 Å². The molecule has 1 aromatic rings. The van der Waals surface area contributed by atoms with Gasteiger partial charge in [0, 0.05) is 12.1 Å². The molecule has 0 aliphatic carbocycles. The van der Waals surface area contributed by atoms with Crippen LogP contribution in [0.2, 0.25) is 18.1 Å². The van der Waals surface area contributed by atoms with Gasteiger partial charge in [0.2, 0.25) is 0 Å². The number of amides is 1. The fourth-order valence-corrected chi connectivity index (χ4v) is 2.69. The molecule has 22 heavy (non-hydrogen) atoms. The van der Waals surface area contributed by atoms with E-state index >= 15 is 0 Å². The normalized spacial score (nSPS) is 12.1. The zero-order valence-electron chi connectivity index (χ0n) is 14.4. The topological polar surface area (TPSA) is 73.6 Å². The standard InChI is InChI=1S/C16H28N2O3Si/c1-16(2,3)22(5,6)21-10-9-18-15(19)12-7-8-13(17)14(11-12)20-4/h7-8,11H,9-10,17H2,1-6H3,(H,18,19). The fraction of sp³-hybridized carbons (Fsp3) is 0.562. The van der Waals surface area contributed by atoms with Gasteiger partial charge in [-0.05, 0) is 36.3 Å². The van der Waals surface area contributed by atoms with Gasteiger partial charge in [0.25, 0.3) is 5.91 Å². The van der Waals surface area contributed by atoms with E-state index in [9.17, 15) is 4.79 Å². The number of nitrogen functional groups attached to an aromatic ring is 1. The summed E-state index contributed by atoms with van der Waals surface area (Å²) in [6.07, 6.45) is 0. The quantitative estimate of drug-likeness (QED) is 0.479. The van der Waals surface area contributed by atoms with Gasteiger partial charge in [-0.1, -0.05) is 20.8 Å². The van der Waals surface area contributed by atoms with Crippen LogP contribution in [0, 0.1) is 0 Å². The van der Waals surface area contributed by atoms with Crippen LogP contribution in [-0.4, -0.2) is 34.5 Å². The second-order valence-corrected chi connectivity index (χ2v) is 11.6. The van der Waals surface area contributed by atoms with Crippen LogP contribution in [0.15, 0.2) is 18.2 Å². The second kappa shape index (κ2) is 7.15. The summed E-state index contributed by atoms with van der Waals surface area (Å²) in [4.78, 5) is 12.1. The number of carbonyl (C=O) groups is 1. The Labute approximate surface area is 134 Å². The minimum absolute atomic E-state index is 0.155. The molecule has 5 nitrogen and oxygen atoms in total. The summed E-state index contributed by atoms with van der Waals surface area (Å²) in [7, 11) is -0.238. The van der Waals surface area contributed by atoms with Crippen LogP contribution in [-0.2, 0) is 4.43 Å². The summed E-state index contributed by atoms with van der Waals surface area (Å²) >= 11 is 0. The van der Waals surface area contributed by atoms with E-state index in [1.807, 2.05) is 0 Å². The molecule has 0 bridgehead atoms. The van der Waals surface area contributed by atoms with Crippen molar-refractivity contribution in [3.8, 4) is 5.75 Å². The molecule has 0 saturated heterocycles. The third kappa shape index (κ3) is 4.74. The number of hydrogen-bond acceptors (Lipinski definition) is 4. The van der Waals surface area contributed by atoms with Crippen LogP contribution in [0.3, 0.4) is 0 Å². The lowest BCUT2D eigenvalue weighted by atomic mass is 10.2. The maximum absolute atomic E-state index is 12.1. The molecule has 0 heterocycles. The number of anilines is 1. The molecular weight excluding hydrogens is 296 g/mol. The first-order chi connectivity index (χ1) is 10.1. The number of nitrogens with two attached hydrogens (primary N) is 1. The van der Waals surface area contributed by atoms with Crippen LogP contribution in [0.4, 0.5) is 5.69 Å². The lowest BCUT2D eigenvalue weighted by Gasteiger charge is -2.36. The largest absolute Gasteiger partial charge is 0.495 e. The van der Waals surface area contributed by atoms with Crippen molar-refractivity contribution in [1.29, 1.82) is 0 Å². The average molecular weight is 324 g/mol. The molecule has 0 fully saturated rings. The summed E-state index contributed by atoms with van der Waals surface area (Å²) in [6, 6.07) is 4.99. The van der Waals surface area contributed by atoms with Crippen LogP contribution in [0.5, 0.6) is 5.75 Å². The van der Waals surface area contributed by atoms with Crippen LogP contribution in [0.25, 0.3) is 0 Å². The number of ether oxygens (including phenoxy) is 1. The molecule has 1 aromatic carbocycles. The summed E-state index contributed by atoms with van der Waals surface area (Å²) in [6.45, 7) is 12.0. The predicted molar refractivity (Wildman–Crippen MR) is 92.9 cm³/mol. The van der Waals surface area contributed by atoms with Crippen molar-refractivity contribution in [2.75, 3.05) is 26.0 Å². The van der Waals surface area contributed by atoms with Gasteiger partial charge in [-0.15, -0.1) is 0 Å². The van der Waals surface area contributed by atoms with Gasteiger partial charge in [0.1, 0.15) is 5.75 Å². The molecule has 1 amide bonds. The molecule has 124 valence electrons. The lowest BCUT2D eigenvalue weighted by molar-refractivity contribution is 0.0945. The van der Waals surface area contributed by atoms with E-state index in [0.717, 1.165) is 0 Å². The maximum atomic E-state index is 12.1. The molecule has 6 heteroatoms. The molecule has 0 radical (unpaired) electrons. The highest BCUT2D eigenvalue weighted by Crippen LogP contribution is 2.36. The number of rotatable bonds is 6. The summed E-state index contributed by atoms with van der Waals surface area (Å²) in [5.41, 5.74) is 6.78. The Morgan fingerprint density at radius 3 is 2.50 bits per heavy atom. The smallest absolute Gasteiger partial charge is 0.251 e. The van der Waals surface area contributed by atoms with Crippen LogP contribution in [0.1, 0.15) is 31.1 Å². The molecule has 0 atom stereocenters. The zero-order chi connectivity index (χ0) is 17.0. The average Bonchev–Trinajstić information content (AvgIpc) is 2.42. The third-order valence-electron chi connectivity index (χ3n) is 4.15. The van der Waals surface area contributed by atoms with E-state index in [2.05, 4.69) is 39.2 Å².